The Labute approximate surface area is 228 Å². The maximum Gasteiger partial charge on any atom is 0.417 e. The molecule has 2 aliphatic heterocycles. The fourth-order valence-corrected chi connectivity index (χ4v) is 5.45. The van der Waals surface area contributed by atoms with Crippen molar-refractivity contribution in [1.29, 1.82) is 0 Å². The summed E-state index contributed by atoms with van der Waals surface area (Å²) in [6.45, 7) is 0.861. The Hall–Kier alpha value is -3.99. The second kappa shape index (κ2) is 9.33. The summed E-state index contributed by atoms with van der Waals surface area (Å²) in [5.41, 5.74) is -0.350. The number of carbonyl (C=O) groups excluding carboxylic acids is 2. The fraction of sp³-hybridized carbons (Fsp3) is 0.250. The van der Waals surface area contributed by atoms with Gasteiger partial charge in [-0.25, -0.2) is 14.2 Å². The molecule has 200 valence electrons. The largest absolute Gasteiger partial charge is 0.430 e. The third-order valence-corrected chi connectivity index (χ3v) is 7.68. The molecule has 0 aliphatic carbocycles. The number of halogens is 2. The molecule has 39 heavy (non-hydrogen) atoms. The summed E-state index contributed by atoms with van der Waals surface area (Å²) in [4.78, 5) is 38.2. The molecule has 1 fully saturated rings. The van der Waals surface area contributed by atoms with Crippen molar-refractivity contribution >= 4 is 46.3 Å². The SMILES string of the molecule is CN(C(=O)O[C@H]1CCCN1C)c1nc2ccc(C3(O)c4ccccc4C(=O)N3c3cccc(Cl)c3F)cc2[nH]1. The predicted octanol–water partition coefficient (Wildman–Crippen LogP) is 4.83. The number of carbonyl (C=O) groups is 2. The Morgan fingerprint density at radius 1 is 1.23 bits per heavy atom. The first kappa shape index (κ1) is 25.3. The summed E-state index contributed by atoms with van der Waals surface area (Å²) in [5, 5.41) is 12.1. The third-order valence-electron chi connectivity index (χ3n) is 7.39. The summed E-state index contributed by atoms with van der Waals surface area (Å²) in [7, 11) is 3.46. The average Bonchev–Trinajstić information content (AvgIpc) is 3.61. The number of hydrogen-bond acceptors (Lipinski definition) is 6. The van der Waals surface area contributed by atoms with Gasteiger partial charge in [-0.05, 0) is 50.2 Å². The lowest BCUT2D eigenvalue weighted by atomic mass is 9.93. The van der Waals surface area contributed by atoms with Gasteiger partial charge in [-0.3, -0.25) is 19.5 Å². The molecule has 2 amide bonds. The van der Waals surface area contributed by atoms with Crippen LogP contribution >= 0.6 is 11.6 Å². The highest BCUT2D eigenvalue weighted by molar-refractivity contribution is 6.31. The summed E-state index contributed by atoms with van der Waals surface area (Å²) < 4.78 is 20.8. The van der Waals surface area contributed by atoms with Crippen molar-refractivity contribution in [3.05, 3.63) is 88.2 Å². The zero-order chi connectivity index (χ0) is 27.5. The molecule has 3 heterocycles. The first-order chi connectivity index (χ1) is 18.7. The Balaban J connectivity index is 1.41. The molecule has 3 aromatic carbocycles. The standard InChI is InChI=1S/C28H25ClFN5O4/c1-33-14-6-11-23(33)39-27(37)34(2)26-31-20-13-12-16(15-21(20)32-26)28(38)18-8-4-3-7-17(18)25(36)35(28)22-10-5-9-19(29)24(22)30/h3-5,7-10,12-13,15,23,38H,6,11,14H2,1-2H3,(H,31,32)/t23-,28?/m0/s1. The Morgan fingerprint density at radius 3 is 2.79 bits per heavy atom. The molecule has 11 heteroatoms. The van der Waals surface area contributed by atoms with Crippen LogP contribution in [0.3, 0.4) is 0 Å². The van der Waals surface area contributed by atoms with Crippen molar-refractivity contribution in [1.82, 2.24) is 14.9 Å². The zero-order valence-corrected chi connectivity index (χ0v) is 21.9. The van der Waals surface area contributed by atoms with E-state index in [1.165, 1.54) is 23.1 Å². The van der Waals surface area contributed by atoms with Crippen molar-refractivity contribution in [2.45, 2.75) is 24.8 Å². The number of anilines is 2. The van der Waals surface area contributed by atoms with Crippen LogP contribution in [0.2, 0.25) is 5.02 Å². The number of aromatic nitrogens is 2. The molecule has 0 radical (unpaired) electrons. The number of imidazole rings is 1. The maximum absolute atomic E-state index is 15.2. The van der Waals surface area contributed by atoms with E-state index in [-0.39, 0.29) is 28.4 Å². The number of rotatable bonds is 4. The lowest BCUT2D eigenvalue weighted by Gasteiger charge is -2.35. The van der Waals surface area contributed by atoms with Crippen LogP contribution < -0.4 is 9.80 Å². The molecule has 1 unspecified atom stereocenters. The van der Waals surface area contributed by atoms with Crippen LogP contribution in [0.4, 0.5) is 20.8 Å². The summed E-state index contributed by atoms with van der Waals surface area (Å²) in [6, 6.07) is 15.8. The number of aromatic amines is 1. The Kier molecular flexibility index (Phi) is 6.05. The molecule has 1 aromatic heterocycles. The third kappa shape index (κ3) is 3.94. The van der Waals surface area contributed by atoms with Crippen LogP contribution in [0.15, 0.2) is 60.7 Å². The topological polar surface area (TPSA) is 102 Å². The van der Waals surface area contributed by atoms with Gasteiger partial charge in [-0.2, -0.15) is 0 Å². The number of hydrogen-bond donors (Lipinski definition) is 2. The van der Waals surface area contributed by atoms with Gasteiger partial charge in [0.2, 0.25) is 5.95 Å². The van der Waals surface area contributed by atoms with E-state index in [0.717, 1.165) is 24.3 Å². The van der Waals surface area contributed by atoms with E-state index in [2.05, 4.69) is 9.97 Å². The van der Waals surface area contributed by atoms with Gasteiger partial charge in [-0.15, -0.1) is 0 Å². The van der Waals surface area contributed by atoms with E-state index in [9.17, 15) is 14.7 Å². The fourth-order valence-electron chi connectivity index (χ4n) is 5.28. The molecule has 0 bridgehead atoms. The highest BCUT2D eigenvalue weighted by Gasteiger charge is 2.51. The molecule has 2 N–H and O–H groups in total. The minimum atomic E-state index is -2.05. The van der Waals surface area contributed by atoms with E-state index < -0.39 is 23.5 Å². The molecule has 2 atom stereocenters. The second-order valence-electron chi connectivity index (χ2n) is 9.74. The van der Waals surface area contributed by atoms with Gasteiger partial charge in [0, 0.05) is 30.3 Å². The van der Waals surface area contributed by atoms with E-state index in [0.29, 0.717) is 22.2 Å². The lowest BCUT2D eigenvalue weighted by Crippen LogP contribution is -2.45. The lowest BCUT2D eigenvalue weighted by molar-refractivity contribution is 0.0313. The number of likely N-dealkylation sites (tertiary alicyclic amines) is 1. The quantitative estimate of drug-likeness (QED) is 0.378. The van der Waals surface area contributed by atoms with Gasteiger partial charge in [-0.1, -0.05) is 41.9 Å². The molecule has 2 aliphatic rings. The van der Waals surface area contributed by atoms with Crippen LogP contribution in [0.5, 0.6) is 0 Å². The minimum absolute atomic E-state index is 0.157. The van der Waals surface area contributed by atoms with Crippen LogP contribution in [0, 0.1) is 5.82 Å². The predicted molar refractivity (Wildman–Crippen MR) is 144 cm³/mol. The molecule has 6 rings (SSSR count). The van der Waals surface area contributed by atoms with Crippen molar-refractivity contribution in [2.24, 2.45) is 0 Å². The van der Waals surface area contributed by atoms with Gasteiger partial charge in [0.05, 0.1) is 21.7 Å². The molecular weight excluding hydrogens is 525 g/mol. The van der Waals surface area contributed by atoms with Crippen LogP contribution in [-0.4, -0.2) is 58.8 Å². The van der Waals surface area contributed by atoms with Gasteiger partial charge in [0.15, 0.2) is 17.8 Å². The Morgan fingerprint density at radius 2 is 2.03 bits per heavy atom. The highest BCUT2D eigenvalue weighted by Crippen LogP contribution is 2.46. The minimum Gasteiger partial charge on any atom is -0.430 e. The van der Waals surface area contributed by atoms with E-state index in [4.69, 9.17) is 16.3 Å². The van der Waals surface area contributed by atoms with Crippen LogP contribution in [-0.2, 0) is 10.5 Å². The molecule has 4 aromatic rings. The van der Waals surface area contributed by atoms with E-state index in [1.807, 2.05) is 11.9 Å². The van der Waals surface area contributed by atoms with Gasteiger partial charge >= 0.3 is 6.09 Å². The number of nitrogens with one attached hydrogen (secondary N) is 1. The van der Waals surface area contributed by atoms with Crippen LogP contribution in [0.25, 0.3) is 11.0 Å². The molecule has 0 spiro atoms. The van der Waals surface area contributed by atoms with Gasteiger partial charge in [0.1, 0.15) is 0 Å². The maximum atomic E-state index is 15.2. The number of amides is 2. The van der Waals surface area contributed by atoms with Gasteiger partial charge < -0.3 is 14.8 Å². The normalized spacial score (nSPS) is 21.0. The smallest absolute Gasteiger partial charge is 0.417 e. The van der Waals surface area contributed by atoms with Crippen molar-refractivity contribution in [2.75, 3.05) is 30.4 Å². The number of fused-ring (bicyclic) bond motifs is 2. The van der Waals surface area contributed by atoms with E-state index >= 15 is 4.39 Å². The second-order valence-corrected chi connectivity index (χ2v) is 10.2. The summed E-state index contributed by atoms with van der Waals surface area (Å²) >= 11 is 6.03. The van der Waals surface area contributed by atoms with Crippen molar-refractivity contribution < 1.29 is 23.8 Å². The number of nitrogens with zero attached hydrogens (tertiary/aromatic N) is 4. The summed E-state index contributed by atoms with van der Waals surface area (Å²) in [5.74, 6) is -1.14. The number of aliphatic hydroxyl groups is 1. The Bertz CT molecular complexity index is 1630. The first-order valence-electron chi connectivity index (χ1n) is 12.5. The van der Waals surface area contributed by atoms with Crippen molar-refractivity contribution in [3.63, 3.8) is 0 Å². The first-order valence-corrected chi connectivity index (χ1v) is 12.8. The average molecular weight is 550 g/mol. The number of benzene rings is 3. The van der Waals surface area contributed by atoms with E-state index in [1.54, 1.807) is 49.5 Å². The highest BCUT2D eigenvalue weighted by atomic mass is 35.5. The number of ether oxygens (including phenoxy) is 1. The van der Waals surface area contributed by atoms with Crippen molar-refractivity contribution in [3.8, 4) is 0 Å². The van der Waals surface area contributed by atoms with Crippen LogP contribution in [0.1, 0.15) is 34.3 Å². The monoisotopic (exact) mass is 549 g/mol. The molecular formula is C28H25ClFN5O4. The number of H-pyrrole nitrogens is 1. The molecule has 9 nitrogen and oxygen atoms in total. The summed E-state index contributed by atoms with van der Waals surface area (Å²) in [6.07, 6.45) is 0.880. The van der Waals surface area contributed by atoms with Gasteiger partial charge in [0.25, 0.3) is 5.91 Å². The zero-order valence-electron chi connectivity index (χ0n) is 21.2. The molecule has 0 saturated carbocycles. The molecule has 1 saturated heterocycles.